The summed E-state index contributed by atoms with van der Waals surface area (Å²) in [4.78, 5) is -0.667. The Hall–Kier alpha value is -1.05. The highest BCUT2D eigenvalue weighted by Gasteiger charge is 2.28. The summed E-state index contributed by atoms with van der Waals surface area (Å²) in [7, 11) is -4.11. The van der Waals surface area contributed by atoms with Gasteiger partial charge in [-0.3, -0.25) is 0 Å². The van der Waals surface area contributed by atoms with Crippen molar-refractivity contribution in [1.29, 1.82) is 0 Å². The van der Waals surface area contributed by atoms with Crippen LogP contribution in [-0.2, 0) is 16.6 Å². The van der Waals surface area contributed by atoms with E-state index >= 15 is 0 Å². The summed E-state index contributed by atoms with van der Waals surface area (Å²) >= 11 is 0. The van der Waals surface area contributed by atoms with E-state index in [9.17, 15) is 17.2 Å². The van der Waals surface area contributed by atoms with Crippen molar-refractivity contribution in [1.82, 2.24) is 4.72 Å². The SMILES string of the molecule is CCC(C)(C)NS(=O)(=O)c1ccc(F)c(CO)c1F. The fourth-order valence-electron chi connectivity index (χ4n) is 1.42. The minimum absolute atomic E-state index is 0.502. The summed E-state index contributed by atoms with van der Waals surface area (Å²) in [6.07, 6.45) is 0.502. The Balaban J connectivity index is 3.31. The van der Waals surface area contributed by atoms with E-state index in [1.54, 1.807) is 20.8 Å². The zero-order valence-corrected chi connectivity index (χ0v) is 11.8. The molecule has 7 heteroatoms. The lowest BCUT2D eigenvalue weighted by Crippen LogP contribution is -2.43. The number of benzene rings is 1. The van der Waals surface area contributed by atoms with Crippen molar-refractivity contribution in [2.24, 2.45) is 0 Å². The Labute approximate surface area is 111 Å². The Morgan fingerprint density at radius 1 is 1.32 bits per heavy atom. The summed E-state index contributed by atoms with van der Waals surface area (Å²) in [6.45, 7) is 4.18. The van der Waals surface area contributed by atoms with E-state index in [4.69, 9.17) is 5.11 Å². The first-order valence-electron chi connectivity index (χ1n) is 5.76. The quantitative estimate of drug-likeness (QED) is 0.871. The van der Waals surface area contributed by atoms with Gasteiger partial charge in [-0.05, 0) is 32.4 Å². The fourth-order valence-corrected chi connectivity index (χ4v) is 3.01. The Morgan fingerprint density at radius 3 is 2.37 bits per heavy atom. The second kappa shape index (κ2) is 5.52. The van der Waals surface area contributed by atoms with Crippen molar-refractivity contribution >= 4 is 10.0 Å². The second-order valence-electron chi connectivity index (χ2n) is 4.84. The molecule has 0 atom stereocenters. The predicted molar refractivity (Wildman–Crippen MR) is 67.0 cm³/mol. The third-order valence-electron chi connectivity index (χ3n) is 2.89. The van der Waals surface area contributed by atoms with Gasteiger partial charge in [-0.1, -0.05) is 6.92 Å². The third-order valence-corrected chi connectivity index (χ3v) is 4.61. The molecule has 2 N–H and O–H groups in total. The normalized spacial score (nSPS) is 12.7. The minimum Gasteiger partial charge on any atom is -0.391 e. The molecule has 0 unspecified atom stereocenters. The van der Waals surface area contributed by atoms with Gasteiger partial charge >= 0.3 is 0 Å². The molecule has 0 heterocycles. The van der Waals surface area contributed by atoms with Gasteiger partial charge in [0.25, 0.3) is 0 Å². The maximum atomic E-state index is 13.9. The van der Waals surface area contributed by atoms with E-state index in [-0.39, 0.29) is 0 Å². The first kappa shape index (κ1) is 16.0. The largest absolute Gasteiger partial charge is 0.391 e. The highest BCUT2D eigenvalue weighted by atomic mass is 32.2. The van der Waals surface area contributed by atoms with Crippen LogP contribution in [0.4, 0.5) is 8.78 Å². The molecule has 0 radical (unpaired) electrons. The van der Waals surface area contributed by atoms with Gasteiger partial charge in [0.1, 0.15) is 10.7 Å². The molecule has 0 aliphatic rings. The molecule has 4 nitrogen and oxygen atoms in total. The van der Waals surface area contributed by atoms with Crippen LogP contribution in [0.1, 0.15) is 32.8 Å². The van der Waals surface area contributed by atoms with Gasteiger partial charge in [0.15, 0.2) is 5.82 Å². The van der Waals surface area contributed by atoms with E-state index in [0.717, 1.165) is 12.1 Å². The van der Waals surface area contributed by atoms with E-state index in [2.05, 4.69) is 4.72 Å². The Kier molecular flexibility index (Phi) is 4.65. The number of nitrogens with one attached hydrogen (secondary N) is 1. The standard InChI is InChI=1S/C12H17F2NO3S/c1-4-12(2,3)15-19(17,18)10-6-5-9(13)8(7-16)11(10)14/h5-6,15-16H,4,7H2,1-3H3. The maximum Gasteiger partial charge on any atom is 0.243 e. The third kappa shape index (κ3) is 3.49. The maximum absolute atomic E-state index is 13.9. The lowest BCUT2D eigenvalue weighted by Gasteiger charge is -2.24. The molecule has 0 aromatic heterocycles. The van der Waals surface area contributed by atoms with Crippen molar-refractivity contribution in [3.8, 4) is 0 Å². The molecule has 0 aliphatic heterocycles. The van der Waals surface area contributed by atoms with Crippen molar-refractivity contribution in [3.63, 3.8) is 0 Å². The summed E-state index contributed by atoms with van der Waals surface area (Å²) < 4.78 is 53.5. The fraction of sp³-hybridized carbons (Fsp3) is 0.500. The lowest BCUT2D eigenvalue weighted by molar-refractivity contribution is 0.267. The van der Waals surface area contributed by atoms with E-state index < -0.39 is 44.3 Å². The van der Waals surface area contributed by atoms with Crippen LogP contribution in [0.25, 0.3) is 0 Å². The van der Waals surface area contributed by atoms with Crippen LogP contribution in [0.5, 0.6) is 0 Å². The zero-order chi connectivity index (χ0) is 14.8. The number of hydrogen-bond donors (Lipinski definition) is 2. The topological polar surface area (TPSA) is 66.4 Å². The molecule has 0 amide bonds. The van der Waals surface area contributed by atoms with Crippen molar-refractivity contribution in [3.05, 3.63) is 29.3 Å². The second-order valence-corrected chi connectivity index (χ2v) is 6.49. The summed E-state index contributed by atoms with van der Waals surface area (Å²) in [5.74, 6) is -2.24. The number of sulfonamides is 1. The van der Waals surface area contributed by atoms with Gasteiger partial charge in [-0.25, -0.2) is 21.9 Å². The first-order chi connectivity index (χ1) is 8.64. The van der Waals surface area contributed by atoms with Gasteiger partial charge < -0.3 is 5.11 Å². The van der Waals surface area contributed by atoms with Crippen molar-refractivity contribution < 1.29 is 22.3 Å². The van der Waals surface area contributed by atoms with Crippen LogP contribution < -0.4 is 4.72 Å². The average molecular weight is 293 g/mol. The lowest BCUT2D eigenvalue weighted by atomic mass is 10.0. The van der Waals surface area contributed by atoms with Gasteiger partial charge in [0.2, 0.25) is 10.0 Å². The number of aliphatic hydroxyl groups excluding tert-OH is 1. The average Bonchev–Trinajstić information content (AvgIpc) is 2.27. The molecule has 0 fully saturated rings. The number of halogens is 2. The van der Waals surface area contributed by atoms with Gasteiger partial charge in [-0.15, -0.1) is 0 Å². The smallest absolute Gasteiger partial charge is 0.243 e. The van der Waals surface area contributed by atoms with Gasteiger partial charge in [-0.2, -0.15) is 0 Å². The van der Waals surface area contributed by atoms with Crippen molar-refractivity contribution in [2.75, 3.05) is 0 Å². The minimum atomic E-state index is -4.11. The molecule has 1 aromatic rings. The molecular weight excluding hydrogens is 276 g/mol. The number of aliphatic hydroxyl groups is 1. The molecule has 1 rings (SSSR count). The van der Waals surface area contributed by atoms with Crippen LogP contribution in [0.15, 0.2) is 17.0 Å². The summed E-state index contributed by atoms with van der Waals surface area (Å²) in [6, 6.07) is 1.67. The predicted octanol–water partition coefficient (Wildman–Crippen LogP) is 1.92. The van der Waals surface area contributed by atoms with Crippen LogP contribution >= 0.6 is 0 Å². The van der Waals surface area contributed by atoms with Crippen LogP contribution in [0.2, 0.25) is 0 Å². The molecule has 0 saturated carbocycles. The molecule has 108 valence electrons. The highest BCUT2D eigenvalue weighted by Crippen LogP contribution is 2.23. The van der Waals surface area contributed by atoms with Crippen LogP contribution in [-0.4, -0.2) is 19.1 Å². The van der Waals surface area contributed by atoms with Crippen LogP contribution in [0.3, 0.4) is 0 Å². The first-order valence-corrected chi connectivity index (χ1v) is 7.24. The Bertz CT molecular complexity index is 571. The highest BCUT2D eigenvalue weighted by molar-refractivity contribution is 7.89. The molecule has 0 bridgehead atoms. The zero-order valence-electron chi connectivity index (χ0n) is 11.0. The molecular formula is C12H17F2NO3S. The Morgan fingerprint density at radius 2 is 1.89 bits per heavy atom. The van der Waals surface area contributed by atoms with E-state index in [1.807, 2.05) is 0 Å². The van der Waals surface area contributed by atoms with Crippen molar-refractivity contribution in [2.45, 2.75) is 44.2 Å². The van der Waals surface area contributed by atoms with Gasteiger partial charge in [0, 0.05) is 5.54 Å². The van der Waals surface area contributed by atoms with Gasteiger partial charge in [0.05, 0.1) is 12.2 Å². The van der Waals surface area contributed by atoms with Crippen LogP contribution in [0, 0.1) is 11.6 Å². The molecule has 0 aliphatic carbocycles. The molecule has 0 spiro atoms. The molecule has 0 saturated heterocycles. The molecule has 1 aromatic carbocycles. The summed E-state index contributed by atoms with van der Waals surface area (Å²) in [5.41, 5.74) is -1.41. The van der Waals surface area contributed by atoms with E-state index in [1.165, 1.54) is 0 Å². The van der Waals surface area contributed by atoms with E-state index in [0.29, 0.717) is 6.42 Å². The molecule has 19 heavy (non-hydrogen) atoms. The monoisotopic (exact) mass is 293 g/mol. The number of hydrogen-bond acceptors (Lipinski definition) is 3. The number of rotatable bonds is 5. The summed E-state index contributed by atoms with van der Waals surface area (Å²) in [5, 5.41) is 8.87.